The van der Waals surface area contributed by atoms with E-state index in [1.807, 2.05) is 25.1 Å². The highest BCUT2D eigenvalue weighted by atomic mass is 32.2. The molecule has 31 heavy (non-hydrogen) atoms. The molecule has 0 atom stereocenters. The minimum absolute atomic E-state index is 0.0714. The molecule has 1 aliphatic rings. The first-order valence-corrected chi connectivity index (χ1v) is 12.5. The Kier molecular flexibility index (Phi) is 6.16. The Morgan fingerprint density at radius 2 is 1.94 bits per heavy atom. The van der Waals surface area contributed by atoms with Crippen molar-refractivity contribution < 1.29 is 13.2 Å². The first-order chi connectivity index (χ1) is 14.9. The Morgan fingerprint density at radius 1 is 1.16 bits per heavy atom. The van der Waals surface area contributed by atoms with Gasteiger partial charge in [-0.3, -0.25) is 4.79 Å². The van der Waals surface area contributed by atoms with Crippen molar-refractivity contribution in [3.63, 3.8) is 0 Å². The Bertz CT molecular complexity index is 1190. The van der Waals surface area contributed by atoms with E-state index in [4.69, 9.17) is 0 Å². The number of rotatable bonds is 6. The van der Waals surface area contributed by atoms with Gasteiger partial charge in [0, 0.05) is 28.4 Å². The molecule has 3 aromatic rings. The summed E-state index contributed by atoms with van der Waals surface area (Å²) >= 11 is 0. The molecule has 2 heterocycles. The van der Waals surface area contributed by atoms with E-state index < -0.39 is 9.84 Å². The summed E-state index contributed by atoms with van der Waals surface area (Å²) in [6, 6.07) is 12.1. The standard InChI is InChI=1S/C24H29N3O3S/c1-3-13-31(29,30)20-6-4-5-18(14-20)24(28)26-19-7-8-23-21(15-19)22(16-25-23)17-9-11-27(2)12-10-17/h4-8,14-17,25H,3,9-13H2,1-2H3,(H,26,28). The summed E-state index contributed by atoms with van der Waals surface area (Å²) in [6.07, 6.45) is 4.88. The minimum Gasteiger partial charge on any atom is -0.361 e. The van der Waals surface area contributed by atoms with Crippen LogP contribution in [0.25, 0.3) is 10.9 Å². The lowest BCUT2D eigenvalue weighted by Gasteiger charge is -2.28. The van der Waals surface area contributed by atoms with Gasteiger partial charge in [-0.05, 0) is 87.3 Å². The molecule has 4 rings (SSSR count). The van der Waals surface area contributed by atoms with Crippen molar-refractivity contribution in [1.29, 1.82) is 0 Å². The fourth-order valence-electron chi connectivity index (χ4n) is 4.30. The Labute approximate surface area is 183 Å². The maximum atomic E-state index is 12.8. The summed E-state index contributed by atoms with van der Waals surface area (Å²) in [5.74, 6) is 0.266. The van der Waals surface area contributed by atoms with Crippen LogP contribution in [0.3, 0.4) is 0 Å². The number of sulfone groups is 1. The Hall–Kier alpha value is -2.64. The molecule has 164 valence electrons. The van der Waals surface area contributed by atoms with Gasteiger partial charge >= 0.3 is 0 Å². The lowest BCUT2D eigenvalue weighted by Crippen LogP contribution is -2.29. The number of H-pyrrole nitrogens is 1. The second-order valence-electron chi connectivity index (χ2n) is 8.38. The topological polar surface area (TPSA) is 82.3 Å². The molecule has 1 saturated heterocycles. The van der Waals surface area contributed by atoms with Crippen LogP contribution in [-0.4, -0.2) is 50.1 Å². The average molecular weight is 440 g/mol. The number of carbonyl (C=O) groups excluding carboxylic acids is 1. The molecule has 0 saturated carbocycles. The van der Waals surface area contributed by atoms with Gasteiger partial charge in [0.2, 0.25) is 0 Å². The first kappa shape index (κ1) is 21.6. The molecule has 7 heteroatoms. The molecule has 1 fully saturated rings. The predicted molar refractivity (Wildman–Crippen MR) is 125 cm³/mol. The third kappa shape index (κ3) is 4.67. The summed E-state index contributed by atoms with van der Waals surface area (Å²) in [6.45, 7) is 4.00. The normalized spacial score (nSPS) is 15.9. The largest absolute Gasteiger partial charge is 0.361 e. The molecule has 0 aliphatic carbocycles. The van der Waals surface area contributed by atoms with E-state index >= 15 is 0 Å². The molecule has 0 unspecified atom stereocenters. The van der Waals surface area contributed by atoms with Crippen molar-refractivity contribution >= 4 is 32.3 Å². The highest BCUT2D eigenvalue weighted by molar-refractivity contribution is 7.91. The van der Waals surface area contributed by atoms with Crippen molar-refractivity contribution in [2.75, 3.05) is 31.2 Å². The predicted octanol–water partition coefficient (Wildman–Crippen LogP) is 4.41. The minimum atomic E-state index is -3.37. The second-order valence-corrected chi connectivity index (χ2v) is 10.5. The van der Waals surface area contributed by atoms with Crippen LogP contribution in [0.4, 0.5) is 5.69 Å². The molecular formula is C24H29N3O3S. The van der Waals surface area contributed by atoms with E-state index in [9.17, 15) is 13.2 Å². The monoisotopic (exact) mass is 439 g/mol. The van der Waals surface area contributed by atoms with Gasteiger partial charge in [-0.25, -0.2) is 8.42 Å². The smallest absolute Gasteiger partial charge is 0.255 e. The Morgan fingerprint density at radius 3 is 2.68 bits per heavy atom. The van der Waals surface area contributed by atoms with Crippen LogP contribution >= 0.6 is 0 Å². The third-order valence-electron chi connectivity index (χ3n) is 6.06. The number of amides is 1. The summed E-state index contributed by atoms with van der Waals surface area (Å²) < 4.78 is 24.7. The number of likely N-dealkylation sites (tertiary alicyclic amines) is 1. The van der Waals surface area contributed by atoms with Gasteiger partial charge in [0.05, 0.1) is 10.6 Å². The van der Waals surface area contributed by atoms with Crippen molar-refractivity contribution in [3.05, 3.63) is 59.8 Å². The quantitative estimate of drug-likeness (QED) is 0.596. The summed E-state index contributed by atoms with van der Waals surface area (Å²) in [4.78, 5) is 18.7. The van der Waals surface area contributed by atoms with E-state index in [2.05, 4.69) is 28.4 Å². The first-order valence-electron chi connectivity index (χ1n) is 10.8. The van der Waals surface area contributed by atoms with Gasteiger partial charge in [-0.2, -0.15) is 0 Å². The van der Waals surface area contributed by atoms with E-state index in [-0.39, 0.29) is 16.6 Å². The Balaban J connectivity index is 1.56. The highest BCUT2D eigenvalue weighted by Gasteiger charge is 2.21. The van der Waals surface area contributed by atoms with E-state index in [1.165, 1.54) is 11.6 Å². The number of hydrogen-bond donors (Lipinski definition) is 2. The van der Waals surface area contributed by atoms with Crippen LogP contribution in [0, 0.1) is 0 Å². The zero-order valence-electron chi connectivity index (χ0n) is 18.0. The molecule has 0 spiro atoms. The number of anilines is 1. The molecule has 1 amide bonds. The molecule has 2 aromatic carbocycles. The average Bonchev–Trinajstić information content (AvgIpc) is 3.17. The van der Waals surface area contributed by atoms with Crippen molar-refractivity contribution in [3.8, 4) is 0 Å². The maximum Gasteiger partial charge on any atom is 0.255 e. The molecule has 1 aliphatic heterocycles. The molecule has 1 aromatic heterocycles. The summed E-state index contributed by atoms with van der Waals surface area (Å²) in [5, 5.41) is 4.06. The van der Waals surface area contributed by atoms with Crippen LogP contribution in [0.2, 0.25) is 0 Å². The van der Waals surface area contributed by atoms with Crippen molar-refractivity contribution in [2.45, 2.75) is 37.0 Å². The van der Waals surface area contributed by atoms with Gasteiger partial charge in [0.25, 0.3) is 5.91 Å². The van der Waals surface area contributed by atoms with E-state index in [0.29, 0.717) is 23.6 Å². The number of hydrogen-bond acceptors (Lipinski definition) is 4. The molecule has 6 nitrogen and oxygen atoms in total. The fraction of sp³-hybridized carbons (Fsp3) is 0.375. The van der Waals surface area contributed by atoms with Crippen LogP contribution in [0.5, 0.6) is 0 Å². The van der Waals surface area contributed by atoms with E-state index in [0.717, 1.165) is 36.8 Å². The molecule has 2 N–H and O–H groups in total. The van der Waals surface area contributed by atoms with E-state index in [1.54, 1.807) is 18.2 Å². The molecule has 0 radical (unpaired) electrons. The number of aromatic nitrogens is 1. The van der Waals surface area contributed by atoms with Gasteiger partial charge in [0.15, 0.2) is 9.84 Å². The number of piperidine rings is 1. The van der Waals surface area contributed by atoms with Crippen molar-refractivity contribution in [1.82, 2.24) is 9.88 Å². The summed E-state index contributed by atoms with van der Waals surface area (Å²) in [5.41, 5.74) is 3.39. The zero-order valence-corrected chi connectivity index (χ0v) is 18.8. The number of nitrogens with one attached hydrogen (secondary N) is 2. The number of nitrogens with zero attached hydrogens (tertiary/aromatic N) is 1. The third-order valence-corrected chi connectivity index (χ3v) is 7.98. The van der Waals surface area contributed by atoms with Crippen molar-refractivity contribution in [2.24, 2.45) is 0 Å². The second kappa shape index (κ2) is 8.85. The number of carbonyl (C=O) groups is 1. The highest BCUT2D eigenvalue weighted by Crippen LogP contribution is 2.34. The lowest BCUT2D eigenvalue weighted by molar-refractivity contribution is 0.102. The lowest BCUT2D eigenvalue weighted by atomic mass is 9.89. The molecule has 0 bridgehead atoms. The SMILES string of the molecule is CCCS(=O)(=O)c1cccc(C(=O)Nc2ccc3[nH]cc(C4CCN(C)CC4)c3c2)c1. The van der Waals surface area contributed by atoms with Crippen LogP contribution in [0.15, 0.2) is 53.6 Å². The maximum absolute atomic E-state index is 12.8. The number of benzene rings is 2. The van der Waals surface area contributed by atoms with Gasteiger partial charge in [-0.15, -0.1) is 0 Å². The van der Waals surface area contributed by atoms with Gasteiger partial charge in [0.1, 0.15) is 0 Å². The number of aromatic amines is 1. The van der Waals surface area contributed by atoms with Crippen LogP contribution < -0.4 is 5.32 Å². The summed E-state index contributed by atoms with van der Waals surface area (Å²) in [7, 11) is -1.22. The van der Waals surface area contributed by atoms with Gasteiger partial charge in [-0.1, -0.05) is 13.0 Å². The van der Waals surface area contributed by atoms with Crippen LogP contribution in [0.1, 0.15) is 48.0 Å². The number of fused-ring (bicyclic) bond motifs is 1. The zero-order chi connectivity index (χ0) is 22.0. The fourth-order valence-corrected chi connectivity index (χ4v) is 5.66. The van der Waals surface area contributed by atoms with Gasteiger partial charge < -0.3 is 15.2 Å². The molecular weight excluding hydrogens is 410 g/mol. The van der Waals surface area contributed by atoms with Crippen LogP contribution in [-0.2, 0) is 9.84 Å².